The third-order valence-corrected chi connectivity index (χ3v) is 4.08. The van der Waals surface area contributed by atoms with Gasteiger partial charge in [0.2, 0.25) is 0 Å². The molecule has 0 saturated heterocycles. The minimum absolute atomic E-state index is 0.0644. The number of carbonyl (C=O) groups excluding carboxylic acids is 1. The van der Waals surface area contributed by atoms with E-state index in [0.717, 1.165) is 0 Å². The number of ketones is 1. The maximum Gasteiger partial charge on any atom is 0.323 e. The molecule has 0 aliphatic heterocycles. The van der Waals surface area contributed by atoms with E-state index in [0.29, 0.717) is 15.5 Å². The second-order valence-corrected chi connectivity index (χ2v) is 5.62. The number of hydrogen-bond acceptors (Lipinski definition) is 2. The lowest BCUT2D eigenvalue weighted by Crippen LogP contribution is -2.04. The van der Waals surface area contributed by atoms with Crippen molar-refractivity contribution >= 4 is 44.3 Å². The van der Waals surface area contributed by atoms with Gasteiger partial charge in [-0.05, 0) is 40.2 Å². The Hall–Kier alpha value is -1.92. The molecule has 0 spiro atoms. The van der Waals surface area contributed by atoms with Crippen molar-refractivity contribution in [2.24, 2.45) is 0 Å². The highest BCUT2D eigenvalue weighted by atomic mass is 79.9. The van der Waals surface area contributed by atoms with Gasteiger partial charge in [0, 0.05) is 15.6 Å². The third-order valence-electron chi connectivity index (χ3n) is 3.04. The zero-order valence-corrected chi connectivity index (χ0v) is 12.7. The number of benzene rings is 2. The Labute approximate surface area is 131 Å². The summed E-state index contributed by atoms with van der Waals surface area (Å²) in [5.74, 6) is -1.09. The SMILES string of the molecule is O=C(c1cc2[nH]c(=O)[nH]c2cc1Br)c1cccc(F)c1Cl. The Morgan fingerprint density at radius 2 is 1.81 bits per heavy atom. The topological polar surface area (TPSA) is 65.7 Å². The van der Waals surface area contributed by atoms with Crippen LogP contribution in [0.3, 0.4) is 0 Å². The fraction of sp³-hybridized carbons (Fsp3) is 0. The summed E-state index contributed by atoms with van der Waals surface area (Å²) in [6.45, 7) is 0. The minimum atomic E-state index is -0.658. The largest absolute Gasteiger partial charge is 0.323 e. The summed E-state index contributed by atoms with van der Waals surface area (Å²) >= 11 is 9.11. The van der Waals surface area contributed by atoms with Crippen LogP contribution in [0.2, 0.25) is 5.02 Å². The van der Waals surface area contributed by atoms with E-state index in [1.54, 1.807) is 6.07 Å². The first-order chi connectivity index (χ1) is 9.97. The molecule has 0 radical (unpaired) electrons. The average Bonchev–Trinajstić information content (AvgIpc) is 2.79. The molecule has 0 atom stereocenters. The van der Waals surface area contributed by atoms with Gasteiger partial charge >= 0.3 is 5.69 Å². The number of fused-ring (bicyclic) bond motifs is 1. The highest BCUT2D eigenvalue weighted by molar-refractivity contribution is 9.10. The molecule has 7 heteroatoms. The van der Waals surface area contributed by atoms with Crippen molar-refractivity contribution in [3.63, 3.8) is 0 Å². The monoisotopic (exact) mass is 368 g/mol. The molecule has 1 heterocycles. The summed E-state index contributed by atoms with van der Waals surface area (Å²) in [5.41, 5.74) is 1.03. The van der Waals surface area contributed by atoms with E-state index < -0.39 is 11.6 Å². The summed E-state index contributed by atoms with van der Waals surface area (Å²) in [7, 11) is 0. The molecular weight excluding hydrogens is 363 g/mol. The standard InChI is InChI=1S/C14H7BrClFN2O2/c15-8-5-11-10(18-14(21)19-11)4-7(8)13(20)6-2-1-3-9(17)12(6)16/h1-5H,(H2,18,19,21). The van der Waals surface area contributed by atoms with Gasteiger partial charge in [0.25, 0.3) is 0 Å². The fourth-order valence-corrected chi connectivity index (χ4v) is 2.79. The van der Waals surface area contributed by atoms with Crippen molar-refractivity contribution < 1.29 is 9.18 Å². The van der Waals surface area contributed by atoms with E-state index in [1.807, 2.05) is 0 Å². The first-order valence-electron chi connectivity index (χ1n) is 5.87. The first-order valence-corrected chi connectivity index (χ1v) is 7.04. The Kier molecular flexibility index (Phi) is 3.43. The predicted octanol–water partition coefficient (Wildman–Crippen LogP) is 3.64. The van der Waals surface area contributed by atoms with Crippen LogP contribution in [0.1, 0.15) is 15.9 Å². The zero-order valence-electron chi connectivity index (χ0n) is 10.3. The van der Waals surface area contributed by atoms with E-state index in [9.17, 15) is 14.0 Å². The molecule has 0 aliphatic rings. The molecule has 0 fully saturated rings. The highest BCUT2D eigenvalue weighted by Gasteiger charge is 2.19. The molecule has 4 nitrogen and oxygen atoms in total. The zero-order chi connectivity index (χ0) is 15.1. The Morgan fingerprint density at radius 3 is 2.52 bits per heavy atom. The van der Waals surface area contributed by atoms with E-state index in [4.69, 9.17) is 11.6 Å². The number of aromatic amines is 2. The Balaban J connectivity index is 2.19. The quantitative estimate of drug-likeness (QED) is 0.677. The molecule has 106 valence electrons. The molecule has 0 saturated carbocycles. The van der Waals surface area contributed by atoms with E-state index >= 15 is 0 Å². The molecule has 2 N–H and O–H groups in total. The Bertz CT molecular complexity index is 932. The van der Waals surface area contributed by atoms with Gasteiger partial charge in [-0.3, -0.25) is 4.79 Å². The first kappa shape index (κ1) is 14.0. The minimum Gasteiger partial charge on any atom is -0.306 e. The normalized spacial score (nSPS) is 11.0. The summed E-state index contributed by atoms with van der Waals surface area (Å²) in [5, 5.41) is -0.225. The van der Waals surface area contributed by atoms with Crippen LogP contribution in [0, 0.1) is 5.82 Å². The molecule has 0 amide bonds. The highest BCUT2D eigenvalue weighted by Crippen LogP contribution is 2.28. The number of rotatable bonds is 2. The van der Waals surface area contributed by atoms with Crippen LogP contribution >= 0.6 is 27.5 Å². The van der Waals surface area contributed by atoms with Gasteiger partial charge < -0.3 is 9.97 Å². The summed E-state index contributed by atoms with van der Waals surface area (Å²) in [4.78, 5) is 28.9. The van der Waals surface area contributed by atoms with Crippen LogP contribution in [0.4, 0.5) is 4.39 Å². The van der Waals surface area contributed by atoms with Crippen molar-refractivity contribution in [2.75, 3.05) is 0 Å². The molecular formula is C14H7BrClFN2O2. The number of nitrogens with one attached hydrogen (secondary N) is 2. The second-order valence-electron chi connectivity index (χ2n) is 4.39. The summed E-state index contributed by atoms with van der Waals surface area (Å²) < 4.78 is 13.9. The average molecular weight is 370 g/mol. The van der Waals surface area contributed by atoms with Gasteiger partial charge in [-0.15, -0.1) is 0 Å². The van der Waals surface area contributed by atoms with Gasteiger partial charge in [-0.2, -0.15) is 0 Å². The number of H-pyrrole nitrogens is 2. The van der Waals surface area contributed by atoms with Crippen LogP contribution < -0.4 is 5.69 Å². The lowest BCUT2D eigenvalue weighted by atomic mass is 10.0. The van der Waals surface area contributed by atoms with Crippen LogP contribution in [0.15, 0.2) is 39.6 Å². The number of halogens is 3. The lowest BCUT2D eigenvalue weighted by molar-refractivity contribution is 0.103. The van der Waals surface area contributed by atoms with Gasteiger partial charge in [0.15, 0.2) is 5.78 Å². The van der Waals surface area contributed by atoms with Crippen LogP contribution in [-0.2, 0) is 0 Å². The maximum absolute atomic E-state index is 13.5. The number of carbonyl (C=O) groups is 1. The van der Waals surface area contributed by atoms with Crippen molar-refractivity contribution in [2.45, 2.75) is 0 Å². The van der Waals surface area contributed by atoms with Crippen molar-refractivity contribution in [1.29, 1.82) is 0 Å². The number of aromatic nitrogens is 2. The fourth-order valence-electron chi connectivity index (χ4n) is 2.05. The van der Waals surface area contributed by atoms with E-state index in [-0.39, 0.29) is 21.8 Å². The van der Waals surface area contributed by atoms with Crippen molar-refractivity contribution in [3.05, 3.63) is 67.3 Å². The number of hydrogen-bond donors (Lipinski definition) is 2. The predicted molar refractivity (Wildman–Crippen MR) is 81.5 cm³/mol. The maximum atomic E-state index is 13.5. The van der Waals surface area contributed by atoms with Crippen LogP contribution in [0.25, 0.3) is 11.0 Å². The molecule has 0 bridgehead atoms. The number of imidazole rings is 1. The lowest BCUT2D eigenvalue weighted by Gasteiger charge is -2.06. The van der Waals surface area contributed by atoms with Gasteiger partial charge in [0.05, 0.1) is 16.1 Å². The molecule has 3 aromatic rings. The molecule has 21 heavy (non-hydrogen) atoms. The summed E-state index contributed by atoms with van der Waals surface area (Å²) in [6, 6.07) is 7.17. The molecule has 0 unspecified atom stereocenters. The van der Waals surface area contributed by atoms with Gasteiger partial charge in [0.1, 0.15) is 5.82 Å². The molecule has 3 rings (SSSR count). The second kappa shape index (κ2) is 5.13. The summed E-state index contributed by atoms with van der Waals surface area (Å²) in [6.07, 6.45) is 0. The van der Waals surface area contributed by atoms with Gasteiger partial charge in [-0.25, -0.2) is 9.18 Å². The van der Waals surface area contributed by atoms with Crippen LogP contribution in [-0.4, -0.2) is 15.8 Å². The Morgan fingerprint density at radius 1 is 1.14 bits per heavy atom. The smallest absolute Gasteiger partial charge is 0.306 e. The van der Waals surface area contributed by atoms with E-state index in [1.165, 1.54) is 24.3 Å². The van der Waals surface area contributed by atoms with Crippen molar-refractivity contribution in [3.8, 4) is 0 Å². The van der Waals surface area contributed by atoms with Gasteiger partial charge in [-0.1, -0.05) is 17.7 Å². The third kappa shape index (κ3) is 2.41. The molecule has 1 aromatic heterocycles. The van der Waals surface area contributed by atoms with Crippen LogP contribution in [0.5, 0.6) is 0 Å². The van der Waals surface area contributed by atoms with E-state index in [2.05, 4.69) is 25.9 Å². The molecule has 2 aromatic carbocycles. The molecule has 0 aliphatic carbocycles. The van der Waals surface area contributed by atoms with Crippen molar-refractivity contribution in [1.82, 2.24) is 9.97 Å².